The SMILES string of the molecule is CNC(=O)c1ccc(CNC(=O)COc2ccccc2C(C)(C)C)cc1. The van der Waals surface area contributed by atoms with E-state index in [1.807, 2.05) is 36.4 Å². The first-order valence-electron chi connectivity index (χ1n) is 8.61. The monoisotopic (exact) mass is 354 g/mol. The largest absolute Gasteiger partial charge is 0.483 e. The Morgan fingerprint density at radius 1 is 1.00 bits per heavy atom. The molecule has 2 aromatic carbocycles. The van der Waals surface area contributed by atoms with E-state index in [1.54, 1.807) is 19.2 Å². The zero-order valence-corrected chi connectivity index (χ0v) is 15.8. The lowest BCUT2D eigenvalue weighted by molar-refractivity contribution is -0.123. The second-order valence-corrected chi connectivity index (χ2v) is 7.09. The van der Waals surface area contributed by atoms with E-state index in [-0.39, 0.29) is 23.8 Å². The number of benzene rings is 2. The fourth-order valence-corrected chi connectivity index (χ4v) is 2.53. The second-order valence-electron chi connectivity index (χ2n) is 7.09. The van der Waals surface area contributed by atoms with E-state index >= 15 is 0 Å². The smallest absolute Gasteiger partial charge is 0.258 e. The van der Waals surface area contributed by atoms with Crippen LogP contribution in [0.3, 0.4) is 0 Å². The summed E-state index contributed by atoms with van der Waals surface area (Å²) in [6.07, 6.45) is 0. The lowest BCUT2D eigenvalue weighted by Gasteiger charge is -2.22. The highest BCUT2D eigenvalue weighted by Gasteiger charge is 2.18. The number of para-hydroxylation sites is 1. The lowest BCUT2D eigenvalue weighted by Crippen LogP contribution is -2.29. The van der Waals surface area contributed by atoms with Crippen LogP contribution >= 0.6 is 0 Å². The molecule has 2 amide bonds. The van der Waals surface area contributed by atoms with Gasteiger partial charge in [0.25, 0.3) is 11.8 Å². The topological polar surface area (TPSA) is 67.4 Å². The molecule has 0 spiro atoms. The number of nitrogens with one attached hydrogen (secondary N) is 2. The molecule has 0 fully saturated rings. The molecule has 0 saturated heterocycles. The van der Waals surface area contributed by atoms with Gasteiger partial charge in [-0.1, -0.05) is 51.1 Å². The van der Waals surface area contributed by atoms with E-state index in [2.05, 4.69) is 31.4 Å². The van der Waals surface area contributed by atoms with E-state index in [9.17, 15) is 9.59 Å². The van der Waals surface area contributed by atoms with Crippen LogP contribution in [0.25, 0.3) is 0 Å². The third kappa shape index (κ3) is 5.34. The van der Waals surface area contributed by atoms with Gasteiger partial charge in [-0.2, -0.15) is 0 Å². The fraction of sp³-hybridized carbons (Fsp3) is 0.333. The Morgan fingerprint density at radius 2 is 1.65 bits per heavy atom. The summed E-state index contributed by atoms with van der Waals surface area (Å²) in [4.78, 5) is 23.6. The summed E-state index contributed by atoms with van der Waals surface area (Å²) < 4.78 is 5.71. The van der Waals surface area contributed by atoms with Crippen molar-refractivity contribution < 1.29 is 14.3 Å². The molecular weight excluding hydrogens is 328 g/mol. The molecule has 0 unspecified atom stereocenters. The van der Waals surface area contributed by atoms with Crippen LogP contribution in [0, 0.1) is 0 Å². The van der Waals surface area contributed by atoms with Gasteiger partial charge in [0.15, 0.2) is 6.61 Å². The van der Waals surface area contributed by atoms with Gasteiger partial charge in [-0.25, -0.2) is 0 Å². The quantitative estimate of drug-likeness (QED) is 0.838. The van der Waals surface area contributed by atoms with Crippen molar-refractivity contribution in [2.75, 3.05) is 13.7 Å². The van der Waals surface area contributed by atoms with E-state index in [0.29, 0.717) is 12.1 Å². The molecule has 0 aliphatic rings. The summed E-state index contributed by atoms with van der Waals surface area (Å²) in [5, 5.41) is 5.40. The lowest BCUT2D eigenvalue weighted by atomic mass is 9.86. The molecule has 26 heavy (non-hydrogen) atoms. The Labute approximate surface area is 154 Å². The Morgan fingerprint density at radius 3 is 2.27 bits per heavy atom. The Balaban J connectivity index is 1.87. The maximum absolute atomic E-state index is 12.1. The van der Waals surface area contributed by atoms with Gasteiger partial charge < -0.3 is 15.4 Å². The highest BCUT2D eigenvalue weighted by molar-refractivity contribution is 5.93. The van der Waals surface area contributed by atoms with Crippen molar-refractivity contribution in [3.63, 3.8) is 0 Å². The van der Waals surface area contributed by atoms with Crippen LogP contribution in [0.5, 0.6) is 5.75 Å². The summed E-state index contributed by atoms with van der Waals surface area (Å²) in [7, 11) is 1.59. The minimum Gasteiger partial charge on any atom is -0.483 e. The van der Waals surface area contributed by atoms with Crippen molar-refractivity contribution in [3.05, 3.63) is 65.2 Å². The van der Waals surface area contributed by atoms with Crippen LogP contribution in [-0.4, -0.2) is 25.5 Å². The number of rotatable bonds is 6. The van der Waals surface area contributed by atoms with E-state index in [4.69, 9.17) is 4.74 Å². The highest BCUT2D eigenvalue weighted by atomic mass is 16.5. The predicted molar refractivity (Wildman–Crippen MR) is 102 cm³/mol. The van der Waals surface area contributed by atoms with Gasteiger partial charge in [-0.05, 0) is 34.7 Å². The number of ether oxygens (including phenoxy) is 1. The van der Waals surface area contributed by atoms with Crippen LogP contribution < -0.4 is 15.4 Å². The molecule has 5 nitrogen and oxygen atoms in total. The van der Waals surface area contributed by atoms with E-state index in [1.165, 1.54) is 0 Å². The summed E-state index contributed by atoms with van der Waals surface area (Å²) in [6.45, 7) is 6.67. The average Bonchev–Trinajstić information content (AvgIpc) is 2.64. The van der Waals surface area contributed by atoms with E-state index in [0.717, 1.165) is 16.9 Å². The van der Waals surface area contributed by atoms with Gasteiger partial charge in [0.1, 0.15) is 5.75 Å². The molecule has 0 radical (unpaired) electrons. The first-order valence-corrected chi connectivity index (χ1v) is 8.61. The van der Waals surface area contributed by atoms with Crippen molar-refractivity contribution >= 4 is 11.8 Å². The van der Waals surface area contributed by atoms with Crippen LogP contribution in [0.15, 0.2) is 48.5 Å². The number of carbonyl (C=O) groups is 2. The van der Waals surface area contributed by atoms with Crippen molar-refractivity contribution in [1.29, 1.82) is 0 Å². The summed E-state index contributed by atoms with van der Waals surface area (Å²) in [6, 6.07) is 14.9. The molecule has 138 valence electrons. The Hall–Kier alpha value is -2.82. The molecule has 0 aliphatic carbocycles. The molecule has 2 aromatic rings. The van der Waals surface area contributed by atoms with Gasteiger partial charge in [0.2, 0.25) is 0 Å². The van der Waals surface area contributed by atoms with Crippen molar-refractivity contribution in [2.45, 2.75) is 32.7 Å². The second kappa shape index (κ2) is 8.52. The molecule has 0 aliphatic heterocycles. The Bertz CT molecular complexity index is 762. The van der Waals surface area contributed by atoms with Crippen LogP contribution in [0.4, 0.5) is 0 Å². The third-order valence-corrected chi connectivity index (χ3v) is 3.99. The normalized spacial score (nSPS) is 10.9. The minimum absolute atomic E-state index is 0.0383. The van der Waals surface area contributed by atoms with Gasteiger partial charge in [0, 0.05) is 19.2 Å². The molecule has 5 heteroatoms. The Kier molecular flexibility index (Phi) is 6.39. The summed E-state index contributed by atoms with van der Waals surface area (Å²) >= 11 is 0. The standard InChI is InChI=1S/C21H26N2O3/c1-21(2,3)17-7-5-6-8-18(17)26-14-19(24)23-13-15-9-11-16(12-10-15)20(25)22-4/h5-12H,13-14H2,1-4H3,(H,22,25)(H,23,24). The molecule has 2 rings (SSSR count). The number of hydrogen-bond acceptors (Lipinski definition) is 3. The third-order valence-electron chi connectivity index (χ3n) is 3.99. The van der Waals surface area contributed by atoms with E-state index < -0.39 is 0 Å². The number of hydrogen-bond donors (Lipinski definition) is 2. The van der Waals surface area contributed by atoms with Crippen molar-refractivity contribution in [3.8, 4) is 5.75 Å². The fourth-order valence-electron chi connectivity index (χ4n) is 2.53. The average molecular weight is 354 g/mol. The number of amides is 2. The maximum Gasteiger partial charge on any atom is 0.258 e. The summed E-state index contributed by atoms with van der Waals surface area (Å²) in [5.41, 5.74) is 2.52. The molecule has 0 atom stereocenters. The predicted octanol–water partition coefficient (Wildman–Crippen LogP) is 3.04. The minimum atomic E-state index is -0.191. The van der Waals surface area contributed by atoms with Crippen LogP contribution in [0.1, 0.15) is 42.3 Å². The summed E-state index contributed by atoms with van der Waals surface area (Å²) in [5.74, 6) is 0.403. The molecule has 0 aromatic heterocycles. The first-order chi connectivity index (χ1) is 12.3. The van der Waals surface area contributed by atoms with Gasteiger partial charge >= 0.3 is 0 Å². The zero-order valence-electron chi connectivity index (χ0n) is 15.8. The molecule has 2 N–H and O–H groups in total. The first kappa shape index (κ1) is 19.5. The highest BCUT2D eigenvalue weighted by Crippen LogP contribution is 2.30. The molecule has 0 bridgehead atoms. The molecular formula is C21H26N2O3. The van der Waals surface area contributed by atoms with Crippen molar-refractivity contribution in [2.24, 2.45) is 0 Å². The molecule has 0 heterocycles. The van der Waals surface area contributed by atoms with Gasteiger partial charge in [0.05, 0.1) is 0 Å². The molecule has 0 saturated carbocycles. The van der Waals surface area contributed by atoms with Gasteiger partial charge in [-0.15, -0.1) is 0 Å². The van der Waals surface area contributed by atoms with Crippen LogP contribution in [-0.2, 0) is 16.8 Å². The number of carbonyl (C=O) groups excluding carboxylic acids is 2. The van der Waals surface area contributed by atoms with Crippen LogP contribution in [0.2, 0.25) is 0 Å². The van der Waals surface area contributed by atoms with Gasteiger partial charge in [-0.3, -0.25) is 9.59 Å². The van der Waals surface area contributed by atoms with Crippen molar-refractivity contribution in [1.82, 2.24) is 10.6 Å². The zero-order chi connectivity index (χ0) is 19.2. The maximum atomic E-state index is 12.1.